The highest BCUT2D eigenvalue weighted by Gasteiger charge is 2.20. The van der Waals surface area contributed by atoms with Crippen molar-refractivity contribution in [3.05, 3.63) is 102 Å². The van der Waals surface area contributed by atoms with Gasteiger partial charge in [-0.05, 0) is 21.9 Å². The van der Waals surface area contributed by atoms with Crippen molar-refractivity contribution >= 4 is 22.6 Å². The number of aromatic nitrogens is 2. The van der Waals surface area contributed by atoms with E-state index >= 15 is 0 Å². The topological polar surface area (TPSA) is 76.0 Å². The Morgan fingerprint density at radius 3 is 2.45 bits per heavy atom. The van der Waals surface area contributed by atoms with E-state index in [0.717, 1.165) is 27.7 Å². The summed E-state index contributed by atoms with van der Waals surface area (Å²) in [6.45, 7) is -0.0998. The van der Waals surface area contributed by atoms with Crippen LogP contribution in [0.1, 0.15) is 23.0 Å². The van der Waals surface area contributed by atoms with Gasteiger partial charge >= 0.3 is 0 Å². The van der Waals surface area contributed by atoms with Gasteiger partial charge in [0.15, 0.2) is 0 Å². The first kappa shape index (κ1) is 20.3. The van der Waals surface area contributed by atoms with Crippen molar-refractivity contribution in [1.82, 2.24) is 20.2 Å². The van der Waals surface area contributed by atoms with Gasteiger partial charge in [0, 0.05) is 19.4 Å². The third-order valence-electron chi connectivity index (χ3n) is 5.23. The molecule has 6 nitrogen and oxygen atoms in total. The van der Waals surface area contributed by atoms with E-state index in [4.69, 9.17) is 0 Å². The van der Waals surface area contributed by atoms with E-state index in [1.54, 1.807) is 6.20 Å². The maximum Gasteiger partial charge on any atom is 0.240 e. The van der Waals surface area contributed by atoms with Crippen molar-refractivity contribution in [1.29, 1.82) is 0 Å². The van der Waals surface area contributed by atoms with Crippen LogP contribution in [0.5, 0.6) is 0 Å². The molecule has 0 fully saturated rings. The zero-order valence-corrected chi connectivity index (χ0v) is 17.3. The molecule has 3 aromatic carbocycles. The number of nitrogens with zero attached hydrogens (tertiary/aromatic N) is 2. The highest BCUT2D eigenvalue weighted by atomic mass is 16.2. The van der Waals surface area contributed by atoms with Crippen molar-refractivity contribution in [3.63, 3.8) is 0 Å². The molecule has 1 aromatic heterocycles. The van der Waals surface area contributed by atoms with Gasteiger partial charge in [-0.25, -0.2) is 4.98 Å². The standard InChI is InChI=1S/C25H24N4O2/c1-29-15-14-26-25(29)24(19-9-3-2-4-10-19)28-23(31)17-27-22(30)16-20-12-7-11-18-8-5-6-13-21(18)20/h2-15,24H,16-17H2,1H3,(H,27,30)(H,28,31). The molecule has 0 spiro atoms. The lowest BCUT2D eigenvalue weighted by Gasteiger charge is -2.19. The molecular weight excluding hydrogens is 388 g/mol. The number of hydrogen-bond acceptors (Lipinski definition) is 3. The molecule has 0 saturated carbocycles. The molecule has 0 bridgehead atoms. The van der Waals surface area contributed by atoms with Gasteiger partial charge in [0.05, 0.1) is 13.0 Å². The fourth-order valence-electron chi connectivity index (χ4n) is 3.67. The van der Waals surface area contributed by atoms with E-state index < -0.39 is 6.04 Å². The average molecular weight is 412 g/mol. The number of imidazole rings is 1. The van der Waals surface area contributed by atoms with E-state index in [1.165, 1.54) is 0 Å². The number of fused-ring (bicyclic) bond motifs is 1. The molecule has 0 aliphatic heterocycles. The number of hydrogen-bond donors (Lipinski definition) is 2. The third-order valence-corrected chi connectivity index (χ3v) is 5.23. The summed E-state index contributed by atoms with van der Waals surface area (Å²) in [7, 11) is 1.89. The van der Waals surface area contributed by atoms with Gasteiger partial charge in [0.1, 0.15) is 11.9 Å². The second kappa shape index (κ2) is 9.26. The predicted molar refractivity (Wildman–Crippen MR) is 120 cm³/mol. The quantitative estimate of drug-likeness (QED) is 0.490. The van der Waals surface area contributed by atoms with Gasteiger partial charge in [-0.1, -0.05) is 72.8 Å². The van der Waals surface area contributed by atoms with Crippen molar-refractivity contribution in [3.8, 4) is 0 Å². The largest absolute Gasteiger partial charge is 0.347 e. The number of aryl methyl sites for hydroxylation is 1. The van der Waals surface area contributed by atoms with Gasteiger partial charge in [0.2, 0.25) is 11.8 Å². The molecule has 4 aromatic rings. The molecule has 31 heavy (non-hydrogen) atoms. The highest BCUT2D eigenvalue weighted by Crippen LogP contribution is 2.20. The second-order valence-corrected chi connectivity index (χ2v) is 7.40. The Hall–Kier alpha value is -3.93. The summed E-state index contributed by atoms with van der Waals surface area (Å²) in [4.78, 5) is 29.5. The molecule has 0 aliphatic carbocycles. The Morgan fingerprint density at radius 2 is 1.68 bits per heavy atom. The number of nitrogens with one attached hydrogen (secondary N) is 2. The molecular formula is C25H24N4O2. The van der Waals surface area contributed by atoms with Crippen LogP contribution in [0.15, 0.2) is 85.2 Å². The summed E-state index contributed by atoms with van der Waals surface area (Å²) in [5.74, 6) is 0.254. The summed E-state index contributed by atoms with van der Waals surface area (Å²) in [5, 5.41) is 7.86. The lowest BCUT2D eigenvalue weighted by molar-refractivity contribution is -0.126. The van der Waals surface area contributed by atoms with E-state index in [9.17, 15) is 9.59 Å². The Morgan fingerprint density at radius 1 is 0.935 bits per heavy atom. The van der Waals surface area contributed by atoms with E-state index in [-0.39, 0.29) is 24.8 Å². The van der Waals surface area contributed by atoms with Crippen LogP contribution in [0.25, 0.3) is 10.8 Å². The van der Waals surface area contributed by atoms with Crippen LogP contribution in [-0.4, -0.2) is 27.9 Å². The van der Waals surface area contributed by atoms with Crippen molar-refractivity contribution in [2.45, 2.75) is 12.5 Å². The Balaban J connectivity index is 1.40. The molecule has 1 atom stereocenters. The van der Waals surface area contributed by atoms with Gasteiger partial charge < -0.3 is 15.2 Å². The molecule has 1 unspecified atom stereocenters. The summed E-state index contributed by atoms with van der Waals surface area (Å²) in [5.41, 5.74) is 1.86. The molecule has 0 saturated heterocycles. The first-order valence-electron chi connectivity index (χ1n) is 10.2. The minimum absolute atomic E-state index is 0.0998. The van der Waals surface area contributed by atoms with Crippen molar-refractivity contribution in [2.24, 2.45) is 7.05 Å². The summed E-state index contributed by atoms with van der Waals surface area (Å²) < 4.78 is 1.87. The van der Waals surface area contributed by atoms with Crippen LogP contribution < -0.4 is 10.6 Å². The van der Waals surface area contributed by atoms with Crippen molar-refractivity contribution in [2.75, 3.05) is 6.54 Å². The van der Waals surface area contributed by atoms with E-state index in [0.29, 0.717) is 0 Å². The molecule has 2 amide bonds. The number of amides is 2. The first-order valence-corrected chi connectivity index (χ1v) is 10.2. The van der Waals surface area contributed by atoms with Gasteiger partial charge in [0.25, 0.3) is 0 Å². The zero-order valence-electron chi connectivity index (χ0n) is 17.3. The molecule has 0 aliphatic rings. The van der Waals surface area contributed by atoms with Gasteiger partial charge in [-0.3, -0.25) is 9.59 Å². The highest BCUT2D eigenvalue weighted by molar-refractivity contribution is 5.91. The van der Waals surface area contributed by atoms with Crippen LogP contribution in [0.2, 0.25) is 0 Å². The lowest BCUT2D eigenvalue weighted by atomic mass is 10.0. The number of carbonyl (C=O) groups is 2. The Bertz CT molecular complexity index is 1200. The fourth-order valence-corrected chi connectivity index (χ4v) is 3.67. The van der Waals surface area contributed by atoms with Gasteiger partial charge in [-0.2, -0.15) is 0 Å². The smallest absolute Gasteiger partial charge is 0.240 e. The monoisotopic (exact) mass is 412 g/mol. The summed E-state index contributed by atoms with van der Waals surface area (Å²) >= 11 is 0. The lowest BCUT2D eigenvalue weighted by Crippen LogP contribution is -2.40. The number of rotatable bonds is 7. The van der Waals surface area contributed by atoms with Crippen LogP contribution in [0.4, 0.5) is 0 Å². The second-order valence-electron chi connectivity index (χ2n) is 7.40. The molecule has 1 heterocycles. The Labute approximate surface area is 180 Å². The average Bonchev–Trinajstić information content (AvgIpc) is 3.22. The molecule has 4 rings (SSSR count). The summed E-state index contributed by atoms with van der Waals surface area (Å²) in [6.07, 6.45) is 3.75. The van der Waals surface area contributed by atoms with Gasteiger partial charge in [-0.15, -0.1) is 0 Å². The van der Waals surface area contributed by atoms with Crippen LogP contribution >= 0.6 is 0 Å². The Kier molecular flexibility index (Phi) is 6.08. The minimum atomic E-state index is -0.399. The summed E-state index contributed by atoms with van der Waals surface area (Å²) in [6, 6.07) is 23.1. The predicted octanol–water partition coefficient (Wildman–Crippen LogP) is 3.14. The third kappa shape index (κ3) is 4.80. The zero-order chi connectivity index (χ0) is 21.6. The van der Waals surface area contributed by atoms with E-state index in [2.05, 4.69) is 15.6 Å². The van der Waals surface area contributed by atoms with Crippen molar-refractivity contribution < 1.29 is 9.59 Å². The van der Waals surface area contributed by atoms with Crippen LogP contribution in [0, 0.1) is 0 Å². The van der Waals surface area contributed by atoms with Crippen LogP contribution in [-0.2, 0) is 23.1 Å². The fraction of sp³-hybridized carbons (Fsp3) is 0.160. The minimum Gasteiger partial charge on any atom is -0.347 e. The molecule has 156 valence electrons. The molecule has 2 N–H and O–H groups in total. The number of carbonyl (C=O) groups excluding carboxylic acids is 2. The normalized spacial score (nSPS) is 11.8. The maximum absolute atomic E-state index is 12.6. The maximum atomic E-state index is 12.6. The van der Waals surface area contributed by atoms with E-state index in [1.807, 2.05) is 90.6 Å². The van der Waals surface area contributed by atoms with Crippen LogP contribution in [0.3, 0.4) is 0 Å². The molecule has 6 heteroatoms. The SMILES string of the molecule is Cn1ccnc1C(NC(=O)CNC(=O)Cc1cccc2ccccc12)c1ccccc1. The molecule has 0 radical (unpaired) electrons. The number of benzene rings is 3. The first-order chi connectivity index (χ1) is 15.1.